The van der Waals surface area contributed by atoms with E-state index in [1.165, 1.54) is 29.7 Å². The number of nitrogens with two attached hydrogens (primary N) is 1. The fraction of sp³-hybridized carbons (Fsp3) is 0.636. The first-order valence-corrected chi connectivity index (χ1v) is 5.80. The van der Waals surface area contributed by atoms with Gasteiger partial charge in [-0.05, 0) is 37.3 Å². The summed E-state index contributed by atoms with van der Waals surface area (Å²) in [6.45, 7) is 6.71. The Morgan fingerprint density at radius 2 is 2.23 bits per heavy atom. The average molecular weight is 197 g/mol. The highest BCUT2D eigenvalue weighted by Gasteiger charge is 2.05. The summed E-state index contributed by atoms with van der Waals surface area (Å²) in [7, 11) is 0. The second-order valence-electron chi connectivity index (χ2n) is 3.81. The number of thiophene rings is 1. The highest BCUT2D eigenvalue weighted by Crippen LogP contribution is 2.26. The van der Waals surface area contributed by atoms with Crippen LogP contribution >= 0.6 is 11.3 Å². The van der Waals surface area contributed by atoms with Crippen LogP contribution in [0.15, 0.2) is 6.07 Å². The molecule has 0 fully saturated rings. The van der Waals surface area contributed by atoms with Gasteiger partial charge in [0.25, 0.3) is 0 Å². The number of anilines is 1. The minimum absolute atomic E-state index is 0.836. The first kappa shape index (κ1) is 10.6. The topological polar surface area (TPSA) is 26.0 Å². The zero-order valence-electron chi connectivity index (χ0n) is 8.76. The Morgan fingerprint density at radius 3 is 2.69 bits per heavy atom. The standard InChI is InChI=1S/C11H19NS/c1-4-8(2)5-6-10-9(3)7-11(12)13-10/h7-8H,4-6,12H2,1-3H3. The minimum Gasteiger partial charge on any atom is -0.391 e. The van der Waals surface area contributed by atoms with E-state index < -0.39 is 0 Å². The van der Waals surface area contributed by atoms with Crippen LogP contribution in [0.1, 0.15) is 37.1 Å². The average Bonchev–Trinajstić information content (AvgIpc) is 2.41. The van der Waals surface area contributed by atoms with Crippen LogP contribution in [0.4, 0.5) is 5.00 Å². The fourth-order valence-corrected chi connectivity index (χ4v) is 2.34. The Morgan fingerprint density at radius 1 is 1.54 bits per heavy atom. The quantitative estimate of drug-likeness (QED) is 0.784. The second-order valence-corrected chi connectivity index (χ2v) is 4.98. The van der Waals surface area contributed by atoms with E-state index in [1.807, 2.05) is 0 Å². The van der Waals surface area contributed by atoms with Gasteiger partial charge in [-0.15, -0.1) is 11.3 Å². The Kier molecular flexibility index (Phi) is 3.79. The summed E-state index contributed by atoms with van der Waals surface area (Å²) in [4.78, 5) is 1.47. The summed E-state index contributed by atoms with van der Waals surface area (Å²) in [6, 6.07) is 2.08. The Labute approximate surface area is 85.0 Å². The van der Waals surface area contributed by atoms with Crippen LogP contribution in [0, 0.1) is 12.8 Å². The molecule has 2 N–H and O–H groups in total. The predicted octanol–water partition coefficient (Wildman–Crippen LogP) is 3.62. The van der Waals surface area contributed by atoms with Crippen LogP contribution in [0.2, 0.25) is 0 Å². The van der Waals surface area contributed by atoms with Crippen molar-refractivity contribution in [3.05, 3.63) is 16.5 Å². The molecule has 0 spiro atoms. The second kappa shape index (κ2) is 4.66. The van der Waals surface area contributed by atoms with E-state index in [1.54, 1.807) is 11.3 Å². The van der Waals surface area contributed by atoms with Crippen LogP contribution in [0.25, 0.3) is 0 Å². The molecule has 0 aromatic carbocycles. The van der Waals surface area contributed by atoms with Crippen molar-refractivity contribution >= 4 is 16.3 Å². The van der Waals surface area contributed by atoms with Crippen molar-refractivity contribution in [2.75, 3.05) is 5.73 Å². The number of aryl methyl sites for hydroxylation is 2. The minimum atomic E-state index is 0.836. The molecule has 1 aromatic heterocycles. The van der Waals surface area contributed by atoms with Crippen molar-refractivity contribution in [2.24, 2.45) is 5.92 Å². The monoisotopic (exact) mass is 197 g/mol. The SMILES string of the molecule is CCC(C)CCc1sc(N)cc1C. The normalized spacial score (nSPS) is 13.2. The van der Waals surface area contributed by atoms with E-state index in [2.05, 4.69) is 26.8 Å². The largest absolute Gasteiger partial charge is 0.391 e. The molecule has 1 unspecified atom stereocenters. The van der Waals surface area contributed by atoms with Gasteiger partial charge in [-0.2, -0.15) is 0 Å². The van der Waals surface area contributed by atoms with Gasteiger partial charge in [0.15, 0.2) is 0 Å². The van der Waals surface area contributed by atoms with Crippen LogP contribution in [-0.4, -0.2) is 0 Å². The molecule has 2 heteroatoms. The van der Waals surface area contributed by atoms with Crippen molar-refractivity contribution < 1.29 is 0 Å². The molecule has 0 saturated carbocycles. The molecule has 0 bridgehead atoms. The highest BCUT2D eigenvalue weighted by molar-refractivity contribution is 7.16. The zero-order valence-corrected chi connectivity index (χ0v) is 9.58. The van der Waals surface area contributed by atoms with Crippen LogP contribution in [0.5, 0.6) is 0 Å². The Hall–Kier alpha value is -0.500. The lowest BCUT2D eigenvalue weighted by Crippen LogP contribution is -1.94. The summed E-state index contributed by atoms with van der Waals surface area (Å²) in [5.41, 5.74) is 7.10. The number of nitrogen functional groups attached to an aromatic ring is 1. The molecule has 1 heterocycles. The van der Waals surface area contributed by atoms with Gasteiger partial charge in [-0.3, -0.25) is 0 Å². The summed E-state index contributed by atoms with van der Waals surface area (Å²) >= 11 is 1.74. The van der Waals surface area contributed by atoms with Gasteiger partial charge in [-0.25, -0.2) is 0 Å². The molecule has 13 heavy (non-hydrogen) atoms. The summed E-state index contributed by atoms with van der Waals surface area (Å²) < 4.78 is 0. The molecule has 0 aliphatic rings. The third kappa shape index (κ3) is 3.03. The molecule has 0 amide bonds. The molecule has 1 aromatic rings. The molecule has 1 atom stereocenters. The number of rotatable bonds is 4. The zero-order chi connectivity index (χ0) is 9.84. The highest BCUT2D eigenvalue weighted by atomic mass is 32.1. The van der Waals surface area contributed by atoms with Crippen molar-refractivity contribution in [1.82, 2.24) is 0 Å². The third-order valence-corrected chi connectivity index (χ3v) is 3.73. The van der Waals surface area contributed by atoms with E-state index in [-0.39, 0.29) is 0 Å². The van der Waals surface area contributed by atoms with Gasteiger partial charge in [0.2, 0.25) is 0 Å². The van der Waals surface area contributed by atoms with Gasteiger partial charge in [-0.1, -0.05) is 20.3 Å². The van der Waals surface area contributed by atoms with Gasteiger partial charge in [0.1, 0.15) is 0 Å². The van der Waals surface area contributed by atoms with Gasteiger partial charge < -0.3 is 5.73 Å². The Bertz CT molecular complexity index is 265. The maximum atomic E-state index is 5.74. The van der Waals surface area contributed by atoms with Crippen molar-refractivity contribution in [1.29, 1.82) is 0 Å². The van der Waals surface area contributed by atoms with Gasteiger partial charge in [0, 0.05) is 4.88 Å². The van der Waals surface area contributed by atoms with Crippen molar-refractivity contribution in [2.45, 2.75) is 40.0 Å². The summed E-state index contributed by atoms with van der Waals surface area (Å²) in [5.74, 6) is 0.836. The lowest BCUT2D eigenvalue weighted by atomic mass is 10.0. The van der Waals surface area contributed by atoms with Gasteiger partial charge >= 0.3 is 0 Å². The molecule has 74 valence electrons. The molecular weight excluding hydrogens is 178 g/mol. The first-order valence-electron chi connectivity index (χ1n) is 4.98. The number of hydrogen-bond donors (Lipinski definition) is 1. The first-order chi connectivity index (χ1) is 6.13. The summed E-state index contributed by atoms with van der Waals surface area (Å²) in [6.07, 6.45) is 3.76. The van der Waals surface area contributed by atoms with Gasteiger partial charge in [0.05, 0.1) is 5.00 Å². The Balaban J connectivity index is 2.49. The lowest BCUT2D eigenvalue weighted by molar-refractivity contribution is 0.518. The fourth-order valence-electron chi connectivity index (χ4n) is 1.38. The molecule has 0 aliphatic carbocycles. The molecular formula is C11H19NS. The van der Waals surface area contributed by atoms with Crippen LogP contribution in [-0.2, 0) is 6.42 Å². The van der Waals surface area contributed by atoms with Crippen LogP contribution < -0.4 is 5.73 Å². The molecule has 0 radical (unpaired) electrons. The molecule has 0 aliphatic heterocycles. The smallest absolute Gasteiger partial charge is 0.0861 e. The molecule has 1 nitrogen and oxygen atoms in total. The maximum absolute atomic E-state index is 5.74. The number of hydrogen-bond acceptors (Lipinski definition) is 2. The van der Waals surface area contributed by atoms with E-state index >= 15 is 0 Å². The van der Waals surface area contributed by atoms with E-state index in [0.29, 0.717) is 0 Å². The van der Waals surface area contributed by atoms with E-state index in [9.17, 15) is 0 Å². The third-order valence-electron chi connectivity index (χ3n) is 2.60. The van der Waals surface area contributed by atoms with Crippen molar-refractivity contribution in [3.63, 3.8) is 0 Å². The lowest BCUT2D eigenvalue weighted by Gasteiger charge is -2.06. The maximum Gasteiger partial charge on any atom is 0.0861 e. The molecule has 1 rings (SSSR count). The van der Waals surface area contributed by atoms with E-state index in [4.69, 9.17) is 5.73 Å². The van der Waals surface area contributed by atoms with E-state index in [0.717, 1.165) is 10.9 Å². The van der Waals surface area contributed by atoms with Crippen LogP contribution in [0.3, 0.4) is 0 Å². The van der Waals surface area contributed by atoms with Crippen molar-refractivity contribution in [3.8, 4) is 0 Å². The molecule has 0 saturated heterocycles. The predicted molar refractivity (Wildman–Crippen MR) is 61.2 cm³/mol. The summed E-state index contributed by atoms with van der Waals surface area (Å²) in [5, 5.41) is 0.955.